The van der Waals surface area contributed by atoms with E-state index in [4.69, 9.17) is 9.73 Å². The van der Waals surface area contributed by atoms with Gasteiger partial charge in [0.05, 0.1) is 23.8 Å². The van der Waals surface area contributed by atoms with Crippen LogP contribution in [0.4, 0.5) is 11.4 Å². The maximum atomic E-state index is 12.9. The molecule has 5 heteroatoms. The molecule has 1 N–H and O–H groups in total. The molecule has 1 heterocycles. The summed E-state index contributed by atoms with van der Waals surface area (Å²) in [6.45, 7) is 4.06. The summed E-state index contributed by atoms with van der Waals surface area (Å²) in [7, 11) is 1.65. The standard InChI is InChI=1S/C25H24N2O2S/c1-16-8-13-20(17(2)14-16)26-24(28)15-23-25(18-9-11-19(29-3)12-10-18)27-21-6-4-5-7-22(21)30-23/h4-14,23H,15H2,1-3H3,(H,26,28)/t23-/m0/s1. The maximum Gasteiger partial charge on any atom is 0.225 e. The predicted molar refractivity (Wildman–Crippen MR) is 124 cm³/mol. The summed E-state index contributed by atoms with van der Waals surface area (Å²) in [6.07, 6.45) is 0.344. The van der Waals surface area contributed by atoms with Crippen LogP contribution in [0.25, 0.3) is 0 Å². The number of benzene rings is 3. The molecule has 0 saturated carbocycles. The average Bonchev–Trinajstić information content (AvgIpc) is 2.75. The van der Waals surface area contributed by atoms with Crippen molar-refractivity contribution in [3.05, 3.63) is 83.4 Å². The van der Waals surface area contributed by atoms with Crippen molar-refractivity contribution < 1.29 is 9.53 Å². The number of anilines is 1. The Balaban J connectivity index is 1.60. The molecule has 4 nitrogen and oxygen atoms in total. The number of ether oxygens (including phenoxy) is 1. The fraction of sp³-hybridized carbons (Fsp3) is 0.200. The molecule has 1 aliphatic heterocycles. The molecule has 30 heavy (non-hydrogen) atoms. The maximum absolute atomic E-state index is 12.9. The Morgan fingerprint density at radius 1 is 1.07 bits per heavy atom. The lowest BCUT2D eigenvalue weighted by Crippen LogP contribution is -2.27. The average molecular weight is 417 g/mol. The van der Waals surface area contributed by atoms with E-state index in [0.717, 1.165) is 38.9 Å². The van der Waals surface area contributed by atoms with Crippen molar-refractivity contribution in [3.63, 3.8) is 0 Å². The first kappa shape index (κ1) is 20.2. The first-order chi connectivity index (χ1) is 14.5. The van der Waals surface area contributed by atoms with E-state index in [2.05, 4.69) is 17.4 Å². The number of aliphatic imine (C=N–C) groups is 1. The van der Waals surface area contributed by atoms with Crippen LogP contribution in [0.3, 0.4) is 0 Å². The number of amides is 1. The minimum atomic E-state index is -0.0703. The first-order valence-corrected chi connectivity index (χ1v) is 10.8. The number of hydrogen-bond donors (Lipinski definition) is 1. The van der Waals surface area contributed by atoms with E-state index in [1.54, 1.807) is 18.9 Å². The lowest BCUT2D eigenvalue weighted by atomic mass is 10.0. The molecule has 0 aliphatic carbocycles. The van der Waals surface area contributed by atoms with E-state index >= 15 is 0 Å². The number of fused-ring (bicyclic) bond motifs is 1. The number of thioether (sulfide) groups is 1. The van der Waals surface area contributed by atoms with Gasteiger partial charge in [-0.25, -0.2) is 0 Å². The number of para-hydroxylation sites is 1. The number of nitrogens with one attached hydrogen (secondary N) is 1. The number of carbonyl (C=O) groups excluding carboxylic acids is 1. The van der Waals surface area contributed by atoms with Gasteiger partial charge in [0, 0.05) is 17.0 Å². The molecule has 1 aliphatic rings. The lowest BCUT2D eigenvalue weighted by molar-refractivity contribution is -0.116. The topological polar surface area (TPSA) is 50.7 Å². The van der Waals surface area contributed by atoms with Gasteiger partial charge >= 0.3 is 0 Å². The van der Waals surface area contributed by atoms with Crippen LogP contribution in [0.15, 0.2) is 76.6 Å². The van der Waals surface area contributed by atoms with Gasteiger partial charge in [0.1, 0.15) is 5.75 Å². The Hall–Kier alpha value is -3.05. The summed E-state index contributed by atoms with van der Waals surface area (Å²) in [4.78, 5) is 18.9. The van der Waals surface area contributed by atoms with Crippen LogP contribution in [0.1, 0.15) is 23.1 Å². The Bertz CT molecular complexity index is 1110. The van der Waals surface area contributed by atoms with Gasteiger partial charge in [0.15, 0.2) is 0 Å². The molecule has 3 aromatic carbocycles. The zero-order valence-corrected chi connectivity index (χ0v) is 18.1. The third-order valence-corrected chi connectivity index (χ3v) is 6.37. The molecule has 4 rings (SSSR count). The Morgan fingerprint density at radius 2 is 1.83 bits per heavy atom. The third-order valence-electron chi connectivity index (χ3n) is 5.09. The molecule has 0 saturated heterocycles. The van der Waals surface area contributed by atoms with Crippen LogP contribution < -0.4 is 10.1 Å². The normalized spacial score (nSPS) is 15.2. The van der Waals surface area contributed by atoms with E-state index in [-0.39, 0.29) is 11.2 Å². The molecule has 0 bridgehead atoms. The number of hydrogen-bond acceptors (Lipinski definition) is 4. The quantitative estimate of drug-likeness (QED) is 0.560. The fourth-order valence-electron chi connectivity index (χ4n) is 3.53. The van der Waals surface area contributed by atoms with Gasteiger partial charge in [-0.1, -0.05) is 29.8 Å². The highest BCUT2D eigenvalue weighted by atomic mass is 32.2. The van der Waals surface area contributed by atoms with Crippen molar-refractivity contribution >= 4 is 34.8 Å². The van der Waals surface area contributed by atoms with Crippen molar-refractivity contribution in [1.82, 2.24) is 0 Å². The van der Waals surface area contributed by atoms with E-state index in [1.165, 1.54) is 5.56 Å². The first-order valence-electron chi connectivity index (χ1n) is 9.89. The van der Waals surface area contributed by atoms with Gasteiger partial charge in [0.25, 0.3) is 0 Å². The second-order valence-corrected chi connectivity index (χ2v) is 8.62. The SMILES string of the molecule is COc1ccc(C2=Nc3ccccc3S[C@H]2CC(=O)Nc2ccc(C)cc2C)cc1. The molecule has 0 unspecified atom stereocenters. The summed E-state index contributed by atoms with van der Waals surface area (Å²) in [6, 6.07) is 22.0. The zero-order chi connectivity index (χ0) is 21.1. The monoisotopic (exact) mass is 416 g/mol. The van der Waals surface area contributed by atoms with Gasteiger partial charge < -0.3 is 10.1 Å². The van der Waals surface area contributed by atoms with E-state index in [9.17, 15) is 4.79 Å². The molecule has 0 aromatic heterocycles. The summed E-state index contributed by atoms with van der Waals surface area (Å²) >= 11 is 1.69. The predicted octanol–water partition coefficient (Wildman–Crippen LogP) is 5.94. The summed E-state index contributed by atoms with van der Waals surface area (Å²) < 4.78 is 5.28. The van der Waals surface area contributed by atoms with Crippen LogP contribution in [0.2, 0.25) is 0 Å². The Labute approximate surface area is 181 Å². The van der Waals surface area contributed by atoms with Crippen LogP contribution in [-0.2, 0) is 4.79 Å². The molecular formula is C25H24N2O2S. The molecular weight excluding hydrogens is 392 g/mol. The van der Waals surface area contributed by atoms with Crippen molar-refractivity contribution in [2.45, 2.75) is 30.4 Å². The van der Waals surface area contributed by atoms with Crippen LogP contribution in [0, 0.1) is 13.8 Å². The van der Waals surface area contributed by atoms with Gasteiger partial charge in [-0.05, 0) is 67.4 Å². The van der Waals surface area contributed by atoms with Crippen molar-refractivity contribution in [3.8, 4) is 5.75 Å². The van der Waals surface area contributed by atoms with Crippen LogP contribution in [0.5, 0.6) is 5.75 Å². The number of nitrogens with zero attached hydrogens (tertiary/aromatic N) is 1. The number of aryl methyl sites for hydroxylation is 2. The molecule has 0 spiro atoms. The van der Waals surface area contributed by atoms with E-state index in [1.807, 2.05) is 68.4 Å². The number of carbonyl (C=O) groups is 1. The summed E-state index contributed by atoms with van der Waals surface area (Å²) in [5, 5.41) is 3.00. The summed E-state index contributed by atoms with van der Waals surface area (Å²) in [5.74, 6) is 0.785. The van der Waals surface area contributed by atoms with Crippen LogP contribution in [-0.4, -0.2) is 24.0 Å². The molecule has 0 radical (unpaired) electrons. The van der Waals surface area contributed by atoms with Crippen molar-refractivity contribution in [2.75, 3.05) is 12.4 Å². The van der Waals surface area contributed by atoms with Gasteiger partial charge in [0.2, 0.25) is 5.91 Å². The van der Waals surface area contributed by atoms with E-state index in [0.29, 0.717) is 6.42 Å². The van der Waals surface area contributed by atoms with Gasteiger partial charge in [-0.2, -0.15) is 0 Å². The molecule has 3 aromatic rings. The highest BCUT2D eigenvalue weighted by Gasteiger charge is 2.27. The van der Waals surface area contributed by atoms with Crippen molar-refractivity contribution in [1.29, 1.82) is 0 Å². The molecule has 152 valence electrons. The molecule has 1 amide bonds. The van der Waals surface area contributed by atoms with Crippen molar-refractivity contribution in [2.24, 2.45) is 4.99 Å². The highest BCUT2D eigenvalue weighted by molar-refractivity contribution is 8.01. The number of methoxy groups -OCH3 is 1. The van der Waals surface area contributed by atoms with E-state index < -0.39 is 0 Å². The zero-order valence-electron chi connectivity index (χ0n) is 17.3. The second kappa shape index (κ2) is 8.76. The van der Waals surface area contributed by atoms with Gasteiger partial charge in [-0.15, -0.1) is 11.8 Å². The largest absolute Gasteiger partial charge is 0.497 e. The molecule has 0 fully saturated rings. The van der Waals surface area contributed by atoms with Gasteiger partial charge in [-0.3, -0.25) is 9.79 Å². The smallest absolute Gasteiger partial charge is 0.225 e. The fourth-order valence-corrected chi connectivity index (χ4v) is 4.77. The molecule has 1 atom stereocenters. The van der Waals surface area contributed by atoms with Crippen LogP contribution >= 0.6 is 11.8 Å². The second-order valence-electron chi connectivity index (χ2n) is 7.37. The Morgan fingerprint density at radius 3 is 2.57 bits per heavy atom. The third kappa shape index (κ3) is 4.41. The minimum absolute atomic E-state index is 0.0138. The Kier molecular flexibility index (Phi) is 5.91. The summed E-state index contributed by atoms with van der Waals surface area (Å²) in [5.41, 5.74) is 5.96. The number of rotatable bonds is 5. The highest BCUT2D eigenvalue weighted by Crippen LogP contribution is 2.40. The minimum Gasteiger partial charge on any atom is -0.497 e. The lowest BCUT2D eigenvalue weighted by Gasteiger charge is -2.24.